The highest BCUT2D eigenvalue weighted by Crippen LogP contribution is 2.30. The number of ether oxygens (including phenoxy) is 1. The molecule has 1 aromatic heterocycles. The number of aryl methyl sites for hydroxylation is 1. The van der Waals surface area contributed by atoms with E-state index in [-0.39, 0.29) is 29.3 Å². The van der Waals surface area contributed by atoms with Crippen LogP contribution in [0.15, 0.2) is 42.4 Å². The summed E-state index contributed by atoms with van der Waals surface area (Å²) in [5.41, 5.74) is 0.311. The van der Waals surface area contributed by atoms with E-state index in [1.165, 1.54) is 16.7 Å². The van der Waals surface area contributed by atoms with Gasteiger partial charge in [0.2, 0.25) is 0 Å². The average Bonchev–Trinajstić information content (AvgIpc) is 2.95. The summed E-state index contributed by atoms with van der Waals surface area (Å²) in [6.07, 6.45) is 1.56. The third-order valence-electron chi connectivity index (χ3n) is 3.44. The summed E-state index contributed by atoms with van der Waals surface area (Å²) < 4.78 is 35.3. The molecule has 1 aromatic carbocycles. The zero-order valence-corrected chi connectivity index (χ0v) is 16.9. The third kappa shape index (κ3) is 5.06. The second-order valence-corrected chi connectivity index (χ2v) is 6.32. The molecule has 0 saturated heterocycles. The zero-order valence-electron chi connectivity index (χ0n) is 16.0. The van der Waals surface area contributed by atoms with Crippen molar-refractivity contribution in [1.29, 1.82) is 5.26 Å². The van der Waals surface area contributed by atoms with E-state index in [0.717, 1.165) is 6.07 Å². The Kier molecular flexibility index (Phi) is 9.08. The van der Waals surface area contributed by atoms with Gasteiger partial charge in [-0.25, -0.2) is 13.3 Å². The first-order chi connectivity index (χ1) is 13.5. The molecule has 0 radical (unpaired) electrons. The Morgan fingerprint density at radius 2 is 2.11 bits per heavy atom. The molecule has 2 heterocycles. The molecule has 1 unspecified atom stereocenters. The second kappa shape index (κ2) is 11.0. The number of anilines is 1. The van der Waals surface area contributed by atoms with Crippen LogP contribution in [0.4, 0.5) is 10.1 Å². The molecule has 3 rings (SSSR count). The van der Waals surface area contributed by atoms with Crippen molar-refractivity contribution in [3.05, 3.63) is 54.6 Å². The van der Waals surface area contributed by atoms with E-state index in [1.807, 2.05) is 13.8 Å². The lowest BCUT2D eigenvalue weighted by Crippen LogP contribution is -2.20. The third-order valence-corrected chi connectivity index (χ3v) is 4.60. The second-order valence-electron chi connectivity index (χ2n) is 5.05. The number of nitriles is 1. The molecule has 0 spiro atoms. The number of aromatic nitrogens is 1. The largest absolute Gasteiger partial charge is 0.488 e. The van der Waals surface area contributed by atoms with Crippen LogP contribution in [0.5, 0.6) is 5.75 Å². The number of halogens is 1. The van der Waals surface area contributed by atoms with Gasteiger partial charge in [0.15, 0.2) is 11.4 Å². The molecule has 1 aliphatic rings. The summed E-state index contributed by atoms with van der Waals surface area (Å²) in [6, 6.07) is 5.42. The molecular weight excluding hydrogens is 383 g/mol. The van der Waals surface area contributed by atoms with Crippen LogP contribution in [-0.4, -0.2) is 27.8 Å². The van der Waals surface area contributed by atoms with Crippen molar-refractivity contribution < 1.29 is 18.1 Å². The molecule has 0 aliphatic carbocycles. The normalized spacial score (nSPS) is 14.5. The average molecular weight is 406 g/mol. The number of carbonyl (C=O) groups excluding carboxylic acids is 1. The fourth-order valence-corrected chi connectivity index (χ4v) is 3.36. The molecule has 1 amide bonds. The van der Waals surface area contributed by atoms with E-state index < -0.39 is 22.7 Å². The fourth-order valence-electron chi connectivity index (χ4n) is 2.35. The van der Waals surface area contributed by atoms with Crippen LogP contribution >= 0.6 is 0 Å². The first-order valence-corrected chi connectivity index (χ1v) is 9.64. The Balaban J connectivity index is 0.000000921. The molecule has 9 heteroatoms. The maximum absolute atomic E-state index is 13.4. The quantitative estimate of drug-likeness (QED) is 0.749. The van der Waals surface area contributed by atoms with Crippen LogP contribution in [0, 0.1) is 17.1 Å². The molecule has 7 nitrogen and oxygen atoms in total. The minimum atomic E-state index is -1.46. The lowest BCUT2D eigenvalue weighted by atomic mass is 10.2. The topological polar surface area (TPSA) is 96.2 Å². The molecule has 28 heavy (non-hydrogen) atoms. The van der Waals surface area contributed by atoms with Gasteiger partial charge in [-0.3, -0.25) is 4.79 Å². The first-order valence-electron chi connectivity index (χ1n) is 8.49. The van der Waals surface area contributed by atoms with Gasteiger partial charge in [-0.2, -0.15) is 5.26 Å². The Morgan fingerprint density at radius 3 is 2.75 bits per heavy atom. The van der Waals surface area contributed by atoms with Gasteiger partial charge in [0.1, 0.15) is 34.4 Å². The van der Waals surface area contributed by atoms with Crippen molar-refractivity contribution in [1.82, 2.24) is 9.29 Å². The monoisotopic (exact) mass is 406 g/mol. The SMILES string of the molecule is C=C.CC.Cn1cc2c(c1C(=O)Nc1ccc(F)c(C#N)c1)OCCNS2=O. The number of hydrogen-bond acceptors (Lipinski definition) is 4. The molecule has 0 bridgehead atoms. The van der Waals surface area contributed by atoms with Gasteiger partial charge in [0.25, 0.3) is 5.91 Å². The van der Waals surface area contributed by atoms with E-state index in [1.54, 1.807) is 19.3 Å². The van der Waals surface area contributed by atoms with E-state index >= 15 is 0 Å². The van der Waals surface area contributed by atoms with Crippen molar-refractivity contribution in [3.8, 4) is 11.8 Å². The first kappa shape index (κ1) is 23.1. The fraction of sp³-hybridized carbons (Fsp3) is 0.263. The van der Waals surface area contributed by atoms with E-state index in [0.29, 0.717) is 11.4 Å². The minimum Gasteiger partial charge on any atom is -0.488 e. The molecule has 1 aliphatic heterocycles. The molecule has 0 saturated carbocycles. The summed E-state index contributed by atoms with van der Waals surface area (Å²) in [5, 5.41) is 11.5. The van der Waals surface area contributed by atoms with E-state index in [9.17, 15) is 13.4 Å². The predicted molar refractivity (Wildman–Crippen MR) is 107 cm³/mol. The molecule has 150 valence electrons. The Hall–Kier alpha value is -2.96. The van der Waals surface area contributed by atoms with Gasteiger partial charge < -0.3 is 14.6 Å². The Labute approximate surface area is 166 Å². The highest BCUT2D eigenvalue weighted by atomic mass is 32.2. The van der Waals surface area contributed by atoms with Crippen molar-refractivity contribution >= 4 is 22.6 Å². The predicted octanol–water partition coefficient (Wildman–Crippen LogP) is 3.12. The van der Waals surface area contributed by atoms with Gasteiger partial charge in [0.05, 0.1) is 5.56 Å². The van der Waals surface area contributed by atoms with Crippen LogP contribution in [0.3, 0.4) is 0 Å². The van der Waals surface area contributed by atoms with E-state index in [4.69, 9.17) is 10.00 Å². The maximum Gasteiger partial charge on any atom is 0.276 e. The van der Waals surface area contributed by atoms with Crippen molar-refractivity contribution in [2.24, 2.45) is 7.05 Å². The highest BCUT2D eigenvalue weighted by molar-refractivity contribution is 7.83. The van der Waals surface area contributed by atoms with Crippen molar-refractivity contribution in [2.75, 3.05) is 18.5 Å². The Morgan fingerprint density at radius 1 is 1.43 bits per heavy atom. The highest BCUT2D eigenvalue weighted by Gasteiger charge is 2.27. The minimum absolute atomic E-state index is 0.167. The molecule has 1 atom stereocenters. The van der Waals surface area contributed by atoms with Crippen LogP contribution < -0.4 is 14.8 Å². The summed E-state index contributed by atoms with van der Waals surface area (Å²) in [4.78, 5) is 12.9. The van der Waals surface area contributed by atoms with Crippen LogP contribution in [0.25, 0.3) is 0 Å². The number of nitrogens with one attached hydrogen (secondary N) is 2. The summed E-state index contributed by atoms with van der Waals surface area (Å²) in [6.45, 7) is 10.7. The number of benzene rings is 1. The van der Waals surface area contributed by atoms with Gasteiger partial charge >= 0.3 is 0 Å². The van der Waals surface area contributed by atoms with E-state index in [2.05, 4.69) is 23.2 Å². The molecule has 2 N–H and O–H groups in total. The smallest absolute Gasteiger partial charge is 0.276 e. The molecule has 0 fully saturated rings. The van der Waals surface area contributed by atoms with Crippen LogP contribution in [0.2, 0.25) is 0 Å². The summed E-state index contributed by atoms with van der Waals surface area (Å²) in [5.74, 6) is -0.915. The summed E-state index contributed by atoms with van der Waals surface area (Å²) in [7, 11) is 0.173. The van der Waals surface area contributed by atoms with Crippen molar-refractivity contribution in [2.45, 2.75) is 18.7 Å². The number of hydrogen-bond donors (Lipinski definition) is 2. The van der Waals surface area contributed by atoms with Gasteiger partial charge in [0, 0.05) is 25.5 Å². The number of rotatable bonds is 2. The molecule has 2 aromatic rings. The number of amides is 1. The van der Waals surface area contributed by atoms with Crippen LogP contribution in [0.1, 0.15) is 29.9 Å². The lowest BCUT2D eigenvalue weighted by molar-refractivity contribution is 0.101. The zero-order chi connectivity index (χ0) is 21.3. The van der Waals surface area contributed by atoms with Crippen molar-refractivity contribution in [3.63, 3.8) is 0 Å². The van der Waals surface area contributed by atoms with Gasteiger partial charge in [-0.1, -0.05) is 13.8 Å². The standard InChI is InChI=1S/C15H13FN4O3S.C2H6.C2H4/c1-20-8-12-14(23-5-4-18-24(12)22)13(20)15(21)19-10-2-3-11(16)9(6-10)7-17;2*1-2/h2-3,6,8,18H,4-5H2,1H3,(H,19,21);1-2H3;1-2H2. The molecular formula is C19H23FN4O3S. The van der Waals surface area contributed by atoms with Gasteiger partial charge in [-0.15, -0.1) is 13.2 Å². The summed E-state index contributed by atoms with van der Waals surface area (Å²) >= 11 is 0. The number of fused-ring (bicyclic) bond motifs is 1. The number of carbonyl (C=O) groups is 1. The lowest BCUT2D eigenvalue weighted by Gasteiger charge is -2.09. The van der Waals surface area contributed by atoms with Crippen LogP contribution in [-0.2, 0) is 18.0 Å². The maximum atomic E-state index is 13.4. The van der Waals surface area contributed by atoms with Gasteiger partial charge in [-0.05, 0) is 18.2 Å². The number of nitrogens with zero attached hydrogens (tertiary/aromatic N) is 2. The Bertz CT molecular complexity index is 905.